The molecule has 2 heterocycles. The van der Waals surface area contributed by atoms with Gasteiger partial charge in [-0.2, -0.15) is 0 Å². The smallest absolute Gasteiger partial charge is 0.331 e. The number of hydrogen-bond donors (Lipinski definition) is 0. The van der Waals surface area contributed by atoms with Gasteiger partial charge in [0.15, 0.2) is 46.0 Å². The van der Waals surface area contributed by atoms with Gasteiger partial charge in [0.1, 0.15) is 12.1 Å². The van der Waals surface area contributed by atoms with Crippen molar-refractivity contribution in [3.63, 3.8) is 0 Å². The third kappa shape index (κ3) is 11.2. The van der Waals surface area contributed by atoms with Crippen molar-refractivity contribution in [2.24, 2.45) is 0 Å². The molecule has 0 saturated heterocycles. The molecule has 0 aromatic heterocycles. The minimum Gasteiger partial charge on any atom is -0.493 e. The summed E-state index contributed by atoms with van der Waals surface area (Å²) in [5, 5.41) is 0. The van der Waals surface area contributed by atoms with Crippen LogP contribution < -0.4 is 47.4 Å². The molecule has 0 bridgehead atoms. The molecule has 374 valence electrons. The molecule has 4 atom stereocenters. The standard InChI is InChI=1S/C53H70N2O14/c1-54(23-20-36-30-46(64-9)52(66-11)53(67-12)49(36)39(54)27-34-15-16-40(58-3)41(28-34)59-4)21-13-25-68-47(56)17-18-48(57)69-26-14-22-55(2)24-19-35-29-42(60-5)43(61-6)33-38(35)50(55)37-31-44(62-7)51(65-10)45(32-37)63-8/h15-18,28-33,39,50H,13-14,19-27H2,1-12H3/q+2/b18-17+. The second kappa shape index (κ2) is 23.2. The van der Waals surface area contributed by atoms with Gasteiger partial charge in [-0.05, 0) is 59.2 Å². The Kier molecular flexibility index (Phi) is 17.4. The number of hydrogen-bond acceptors (Lipinski definition) is 14. The molecular weight excluding hydrogens is 889 g/mol. The Hall–Kier alpha value is -6.52. The monoisotopic (exact) mass is 958 g/mol. The lowest BCUT2D eigenvalue weighted by atomic mass is 9.85. The summed E-state index contributed by atoms with van der Waals surface area (Å²) in [5.74, 6) is 4.75. The van der Waals surface area contributed by atoms with Gasteiger partial charge in [-0.1, -0.05) is 6.07 Å². The van der Waals surface area contributed by atoms with E-state index in [0.29, 0.717) is 98.8 Å². The topological polar surface area (TPSA) is 145 Å². The number of likely N-dealkylation sites (N-methyl/N-ethyl adjacent to an activating group) is 2. The molecule has 0 radical (unpaired) electrons. The second-order valence-corrected chi connectivity index (χ2v) is 17.6. The normalized spacial score (nSPS) is 19.4. The zero-order chi connectivity index (χ0) is 49.9. The van der Waals surface area contributed by atoms with E-state index in [9.17, 15) is 9.59 Å². The molecule has 2 aliphatic rings. The molecule has 6 rings (SSSR count). The average Bonchev–Trinajstić information content (AvgIpc) is 3.37. The SMILES string of the molecule is COc1ccc(CC2c3c(cc(OC)c(OC)c3OC)CC[N+]2(C)CCCOC(=O)/C=C/C(=O)OCCC[N+]2(C)CCc3cc(OC)c(OC)cc3C2c2cc(OC)c(OC)c(OC)c2)cc1OC. The molecule has 69 heavy (non-hydrogen) atoms. The van der Waals surface area contributed by atoms with Gasteiger partial charge < -0.3 is 65.8 Å². The van der Waals surface area contributed by atoms with Gasteiger partial charge in [0, 0.05) is 55.4 Å². The van der Waals surface area contributed by atoms with Crippen LogP contribution in [0.5, 0.6) is 57.5 Å². The largest absolute Gasteiger partial charge is 0.493 e. The van der Waals surface area contributed by atoms with Crippen LogP contribution in [0.25, 0.3) is 0 Å². The maximum atomic E-state index is 12.9. The molecule has 4 aromatic rings. The predicted octanol–water partition coefficient (Wildman–Crippen LogP) is 7.27. The van der Waals surface area contributed by atoms with Crippen LogP contribution in [-0.4, -0.2) is 145 Å². The van der Waals surface area contributed by atoms with Gasteiger partial charge in [-0.3, -0.25) is 0 Å². The van der Waals surface area contributed by atoms with E-state index in [4.69, 9.17) is 56.8 Å². The van der Waals surface area contributed by atoms with Crippen LogP contribution in [0.1, 0.15) is 58.3 Å². The van der Waals surface area contributed by atoms with E-state index in [1.54, 1.807) is 71.1 Å². The zero-order valence-corrected chi connectivity index (χ0v) is 42.3. The first kappa shape index (κ1) is 51.9. The highest BCUT2D eigenvalue weighted by molar-refractivity contribution is 5.91. The van der Waals surface area contributed by atoms with Gasteiger partial charge in [0.25, 0.3) is 0 Å². The molecule has 0 amide bonds. The number of carbonyl (C=O) groups is 2. The van der Waals surface area contributed by atoms with Gasteiger partial charge in [0.2, 0.25) is 11.5 Å². The summed E-state index contributed by atoms with van der Waals surface area (Å²) in [4.78, 5) is 25.8. The first-order chi connectivity index (χ1) is 33.3. The van der Waals surface area contributed by atoms with Crippen molar-refractivity contribution in [2.75, 3.05) is 125 Å². The van der Waals surface area contributed by atoms with Gasteiger partial charge >= 0.3 is 11.9 Å². The fourth-order valence-electron chi connectivity index (χ4n) is 10.2. The number of ether oxygens (including phenoxy) is 12. The number of esters is 2. The highest BCUT2D eigenvalue weighted by atomic mass is 16.6. The molecule has 2 aliphatic heterocycles. The predicted molar refractivity (Wildman–Crippen MR) is 259 cm³/mol. The molecule has 0 fully saturated rings. The van der Waals surface area contributed by atoms with Crippen molar-refractivity contribution in [1.29, 1.82) is 0 Å². The zero-order valence-electron chi connectivity index (χ0n) is 42.3. The molecule has 0 N–H and O–H groups in total. The minimum absolute atomic E-state index is 0.0599. The number of methoxy groups -OCH3 is 10. The number of fused-ring (bicyclic) bond motifs is 2. The quantitative estimate of drug-likeness (QED) is 0.0318. The minimum atomic E-state index is -0.624. The lowest BCUT2D eigenvalue weighted by molar-refractivity contribution is -0.941. The Labute approximate surface area is 406 Å². The Morgan fingerprint density at radius 2 is 1.00 bits per heavy atom. The van der Waals surface area contributed by atoms with Crippen molar-refractivity contribution in [3.8, 4) is 57.5 Å². The summed E-state index contributed by atoms with van der Waals surface area (Å²) in [7, 11) is 20.6. The van der Waals surface area contributed by atoms with Crippen LogP contribution in [0.15, 0.2) is 60.7 Å². The summed E-state index contributed by atoms with van der Waals surface area (Å²) in [6, 6.07) is 15.8. The number of nitrogens with zero attached hydrogens (tertiary/aromatic N) is 2. The summed E-state index contributed by atoms with van der Waals surface area (Å²) in [6.45, 7) is 3.30. The third-order valence-electron chi connectivity index (χ3n) is 13.7. The summed E-state index contributed by atoms with van der Waals surface area (Å²) < 4.78 is 69.8. The molecule has 4 aromatic carbocycles. The van der Waals surface area contributed by atoms with Gasteiger partial charge in [-0.25, -0.2) is 9.59 Å². The van der Waals surface area contributed by atoms with E-state index in [-0.39, 0.29) is 25.3 Å². The highest BCUT2D eigenvalue weighted by Gasteiger charge is 2.44. The van der Waals surface area contributed by atoms with Gasteiger partial charge in [-0.15, -0.1) is 0 Å². The van der Waals surface area contributed by atoms with Crippen LogP contribution in [-0.2, 0) is 38.3 Å². The molecule has 0 spiro atoms. The van der Waals surface area contributed by atoms with E-state index in [1.165, 1.54) is 0 Å². The third-order valence-corrected chi connectivity index (χ3v) is 13.7. The van der Waals surface area contributed by atoms with Crippen molar-refractivity contribution in [3.05, 3.63) is 94.1 Å². The lowest BCUT2D eigenvalue weighted by Crippen LogP contribution is -2.52. The summed E-state index contributed by atoms with van der Waals surface area (Å²) >= 11 is 0. The second-order valence-electron chi connectivity index (χ2n) is 17.6. The van der Waals surface area contributed by atoms with E-state index >= 15 is 0 Å². The molecule has 0 saturated carbocycles. The average molecular weight is 959 g/mol. The Balaban J connectivity index is 1.09. The summed E-state index contributed by atoms with van der Waals surface area (Å²) in [5.41, 5.74) is 6.44. The molecule has 0 aliphatic carbocycles. The number of benzene rings is 4. The van der Waals surface area contributed by atoms with Crippen molar-refractivity contribution in [1.82, 2.24) is 0 Å². The van der Waals surface area contributed by atoms with E-state index in [1.807, 2.05) is 48.5 Å². The van der Waals surface area contributed by atoms with Crippen molar-refractivity contribution >= 4 is 11.9 Å². The maximum absolute atomic E-state index is 12.9. The fraction of sp³-hybridized carbons (Fsp3) is 0.472. The summed E-state index contributed by atoms with van der Waals surface area (Å²) in [6.07, 6.45) is 5.61. The molecule has 4 unspecified atom stereocenters. The van der Waals surface area contributed by atoms with Crippen LogP contribution in [0.2, 0.25) is 0 Å². The van der Waals surface area contributed by atoms with Crippen molar-refractivity contribution in [2.45, 2.75) is 44.2 Å². The Morgan fingerprint density at radius 3 is 1.55 bits per heavy atom. The van der Waals surface area contributed by atoms with E-state index < -0.39 is 11.9 Å². The Bertz CT molecular complexity index is 2450. The van der Waals surface area contributed by atoms with Crippen LogP contribution in [0.3, 0.4) is 0 Å². The first-order valence-corrected chi connectivity index (χ1v) is 23.1. The molecule has 16 nitrogen and oxygen atoms in total. The number of rotatable bonds is 23. The van der Waals surface area contributed by atoms with Crippen molar-refractivity contribution < 1.29 is 75.4 Å². The van der Waals surface area contributed by atoms with Gasteiger partial charge in [0.05, 0.1) is 130 Å². The maximum Gasteiger partial charge on any atom is 0.331 e. The van der Waals surface area contributed by atoms with Crippen LogP contribution in [0, 0.1) is 0 Å². The fourth-order valence-corrected chi connectivity index (χ4v) is 10.2. The van der Waals surface area contributed by atoms with Crippen LogP contribution in [0.4, 0.5) is 0 Å². The van der Waals surface area contributed by atoms with E-state index in [2.05, 4.69) is 14.1 Å². The number of carbonyl (C=O) groups excluding carboxylic acids is 2. The first-order valence-electron chi connectivity index (χ1n) is 23.1. The molecular formula is C53H70N2O14+2. The lowest BCUT2D eigenvalue weighted by Gasteiger charge is -2.46. The van der Waals surface area contributed by atoms with E-state index in [0.717, 1.165) is 71.5 Å². The number of quaternary nitrogens is 2. The highest BCUT2D eigenvalue weighted by Crippen LogP contribution is 2.51. The Morgan fingerprint density at radius 1 is 0.522 bits per heavy atom. The molecule has 16 heteroatoms. The van der Waals surface area contributed by atoms with Crippen LogP contribution >= 0.6 is 0 Å².